The van der Waals surface area contributed by atoms with Crippen molar-refractivity contribution in [3.05, 3.63) is 42.0 Å². The highest BCUT2D eigenvalue weighted by molar-refractivity contribution is 5.41. The smallest absolute Gasteiger partial charge is 0.151 e. The predicted molar refractivity (Wildman–Crippen MR) is 67.8 cm³/mol. The van der Waals surface area contributed by atoms with Crippen LogP contribution in [0.5, 0.6) is 0 Å². The molecule has 0 spiro atoms. The van der Waals surface area contributed by atoms with Crippen LogP contribution in [-0.2, 0) is 13.1 Å². The average Bonchev–Trinajstić information content (AvgIpc) is 3.13. The third-order valence-electron chi connectivity index (χ3n) is 3.10. The second-order valence-electron chi connectivity index (χ2n) is 4.53. The highest BCUT2D eigenvalue weighted by Crippen LogP contribution is 2.31. The molecule has 0 aliphatic heterocycles. The summed E-state index contributed by atoms with van der Waals surface area (Å²) in [5, 5.41) is 8.36. The fourth-order valence-corrected chi connectivity index (χ4v) is 1.97. The first kappa shape index (κ1) is 11.2. The standard InChI is InChI=1S/C13H16N4O/c14-8-10-3-6-13(16-15-10)17(11-4-5-11)9-12-2-1-7-18-12/h1-3,6-7,11H,4-5,8-9,14H2. The van der Waals surface area contributed by atoms with Crippen LogP contribution in [0.4, 0.5) is 5.82 Å². The summed E-state index contributed by atoms with van der Waals surface area (Å²) < 4.78 is 5.40. The minimum Gasteiger partial charge on any atom is -0.467 e. The summed E-state index contributed by atoms with van der Waals surface area (Å²) in [6.45, 7) is 1.17. The number of anilines is 1. The van der Waals surface area contributed by atoms with Crippen LogP contribution in [-0.4, -0.2) is 16.2 Å². The van der Waals surface area contributed by atoms with Crippen molar-refractivity contribution in [3.8, 4) is 0 Å². The van der Waals surface area contributed by atoms with E-state index in [-0.39, 0.29) is 0 Å². The van der Waals surface area contributed by atoms with Gasteiger partial charge in [0, 0.05) is 12.6 Å². The zero-order chi connectivity index (χ0) is 12.4. The van der Waals surface area contributed by atoms with Crippen LogP contribution in [0.25, 0.3) is 0 Å². The summed E-state index contributed by atoms with van der Waals surface area (Å²) in [5.41, 5.74) is 6.34. The fraction of sp³-hybridized carbons (Fsp3) is 0.385. The summed E-state index contributed by atoms with van der Waals surface area (Å²) >= 11 is 0. The van der Waals surface area contributed by atoms with Gasteiger partial charge in [0.25, 0.3) is 0 Å². The lowest BCUT2D eigenvalue weighted by Gasteiger charge is -2.21. The van der Waals surface area contributed by atoms with E-state index < -0.39 is 0 Å². The molecule has 0 radical (unpaired) electrons. The minimum atomic E-state index is 0.425. The zero-order valence-corrected chi connectivity index (χ0v) is 10.1. The molecule has 1 aliphatic rings. The van der Waals surface area contributed by atoms with Crippen molar-refractivity contribution in [2.75, 3.05) is 4.90 Å². The van der Waals surface area contributed by atoms with Crippen molar-refractivity contribution in [2.24, 2.45) is 5.73 Å². The Hall–Kier alpha value is -1.88. The van der Waals surface area contributed by atoms with E-state index in [0.29, 0.717) is 12.6 Å². The number of nitrogens with two attached hydrogens (primary N) is 1. The molecule has 0 amide bonds. The third-order valence-corrected chi connectivity index (χ3v) is 3.10. The SMILES string of the molecule is NCc1ccc(N(Cc2ccco2)C2CC2)nn1. The maximum absolute atomic E-state index is 5.53. The van der Waals surface area contributed by atoms with Crippen molar-refractivity contribution in [1.29, 1.82) is 0 Å². The largest absolute Gasteiger partial charge is 0.467 e. The Labute approximate surface area is 106 Å². The molecule has 0 atom stereocenters. The molecule has 5 nitrogen and oxygen atoms in total. The summed E-state index contributed by atoms with van der Waals surface area (Å²) in [6, 6.07) is 8.37. The molecule has 2 heterocycles. The summed E-state index contributed by atoms with van der Waals surface area (Å²) in [4.78, 5) is 2.24. The molecule has 18 heavy (non-hydrogen) atoms. The molecule has 2 aromatic heterocycles. The van der Waals surface area contributed by atoms with E-state index >= 15 is 0 Å². The Kier molecular flexibility index (Phi) is 2.98. The van der Waals surface area contributed by atoms with Crippen molar-refractivity contribution >= 4 is 5.82 Å². The van der Waals surface area contributed by atoms with Crippen molar-refractivity contribution in [3.63, 3.8) is 0 Å². The van der Waals surface area contributed by atoms with E-state index in [1.54, 1.807) is 6.26 Å². The first-order valence-corrected chi connectivity index (χ1v) is 6.18. The van der Waals surface area contributed by atoms with Crippen LogP contribution in [0.15, 0.2) is 34.9 Å². The molecule has 5 heteroatoms. The lowest BCUT2D eigenvalue weighted by atomic mass is 10.3. The van der Waals surface area contributed by atoms with Gasteiger partial charge in [-0.05, 0) is 37.1 Å². The zero-order valence-electron chi connectivity index (χ0n) is 10.1. The maximum atomic E-state index is 5.53. The van der Waals surface area contributed by atoms with Crippen LogP contribution in [0.3, 0.4) is 0 Å². The molecule has 94 valence electrons. The van der Waals surface area contributed by atoms with Gasteiger partial charge >= 0.3 is 0 Å². The van der Waals surface area contributed by atoms with Gasteiger partial charge < -0.3 is 15.1 Å². The molecule has 1 aliphatic carbocycles. The van der Waals surface area contributed by atoms with Gasteiger partial charge in [-0.25, -0.2) is 0 Å². The molecule has 1 saturated carbocycles. The average molecular weight is 244 g/mol. The Morgan fingerprint density at radius 2 is 2.17 bits per heavy atom. The third kappa shape index (κ3) is 2.36. The molecule has 0 aromatic carbocycles. The van der Waals surface area contributed by atoms with E-state index in [2.05, 4.69) is 15.1 Å². The van der Waals surface area contributed by atoms with E-state index in [9.17, 15) is 0 Å². The molecule has 0 bridgehead atoms. The normalized spacial score (nSPS) is 14.7. The van der Waals surface area contributed by atoms with Crippen molar-refractivity contribution in [2.45, 2.75) is 32.0 Å². The van der Waals surface area contributed by atoms with Gasteiger partial charge in [-0.2, -0.15) is 5.10 Å². The Morgan fingerprint density at radius 3 is 2.72 bits per heavy atom. The van der Waals surface area contributed by atoms with Gasteiger partial charge in [0.05, 0.1) is 18.5 Å². The molecule has 1 fully saturated rings. The van der Waals surface area contributed by atoms with Crippen LogP contribution < -0.4 is 10.6 Å². The lowest BCUT2D eigenvalue weighted by molar-refractivity contribution is 0.499. The van der Waals surface area contributed by atoms with Gasteiger partial charge in [-0.3, -0.25) is 0 Å². The van der Waals surface area contributed by atoms with Crippen molar-refractivity contribution < 1.29 is 4.42 Å². The van der Waals surface area contributed by atoms with E-state index in [1.807, 2.05) is 24.3 Å². The predicted octanol–water partition coefficient (Wildman–Crippen LogP) is 1.70. The second-order valence-corrected chi connectivity index (χ2v) is 4.53. The lowest BCUT2D eigenvalue weighted by Crippen LogP contribution is -2.26. The van der Waals surface area contributed by atoms with E-state index in [4.69, 9.17) is 10.2 Å². The number of hydrogen-bond acceptors (Lipinski definition) is 5. The molecular weight excluding hydrogens is 228 g/mol. The topological polar surface area (TPSA) is 68.2 Å². The van der Waals surface area contributed by atoms with E-state index in [0.717, 1.165) is 23.8 Å². The summed E-state index contributed by atoms with van der Waals surface area (Å²) in [7, 11) is 0. The molecule has 3 rings (SSSR count). The summed E-state index contributed by atoms with van der Waals surface area (Å²) in [6.07, 6.45) is 4.12. The van der Waals surface area contributed by atoms with Gasteiger partial charge in [0.1, 0.15) is 5.76 Å². The molecule has 2 N–H and O–H groups in total. The van der Waals surface area contributed by atoms with E-state index in [1.165, 1.54) is 12.8 Å². The Morgan fingerprint density at radius 1 is 1.28 bits per heavy atom. The van der Waals surface area contributed by atoms with Gasteiger partial charge in [0.2, 0.25) is 0 Å². The Balaban J connectivity index is 1.80. The second kappa shape index (κ2) is 4.78. The highest BCUT2D eigenvalue weighted by atomic mass is 16.3. The molecule has 2 aromatic rings. The maximum Gasteiger partial charge on any atom is 0.151 e. The number of rotatable bonds is 5. The number of nitrogens with zero attached hydrogens (tertiary/aromatic N) is 3. The quantitative estimate of drug-likeness (QED) is 0.867. The minimum absolute atomic E-state index is 0.425. The van der Waals surface area contributed by atoms with Crippen LogP contribution >= 0.6 is 0 Å². The van der Waals surface area contributed by atoms with Crippen LogP contribution in [0, 0.1) is 0 Å². The first-order valence-electron chi connectivity index (χ1n) is 6.18. The van der Waals surface area contributed by atoms with Crippen LogP contribution in [0.2, 0.25) is 0 Å². The first-order chi connectivity index (χ1) is 8.86. The summed E-state index contributed by atoms with van der Waals surface area (Å²) in [5.74, 6) is 1.85. The Bertz CT molecular complexity index is 490. The van der Waals surface area contributed by atoms with Gasteiger partial charge in [-0.1, -0.05) is 0 Å². The monoisotopic (exact) mass is 244 g/mol. The molecule has 0 saturated heterocycles. The highest BCUT2D eigenvalue weighted by Gasteiger charge is 2.30. The fourth-order valence-electron chi connectivity index (χ4n) is 1.97. The van der Waals surface area contributed by atoms with Gasteiger partial charge in [0.15, 0.2) is 5.82 Å². The van der Waals surface area contributed by atoms with Crippen LogP contribution in [0.1, 0.15) is 24.3 Å². The number of furan rings is 1. The molecular formula is C13H16N4O. The molecule has 0 unspecified atom stereocenters. The number of aromatic nitrogens is 2. The number of hydrogen-bond donors (Lipinski definition) is 1. The van der Waals surface area contributed by atoms with Gasteiger partial charge in [-0.15, -0.1) is 5.10 Å². The van der Waals surface area contributed by atoms with Crippen molar-refractivity contribution in [1.82, 2.24) is 10.2 Å².